The van der Waals surface area contributed by atoms with Crippen LogP contribution in [0.4, 0.5) is 5.69 Å². The lowest BCUT2D eigenvalue weighted by Crippen LogP contribution is -2.41. The first kappa shape index (κ1) is 20.9. The monoisotopic (exact) mass is 389 g/mol. The van der Waals surface area contributed by atoms with Crippen LogP contribution in [-0.2, 0) is 21.2 Å². The van der Waals surface area contributed by atoms with Crippen molar-refractivity contribution in [2.75, 3.05) is 30.7 Å². The number of hydrogen-bond acceptors (Lipinski definition) is 4. The van der Waals surface area contributed by atoms with E-state index in [9.17, 15) is 13.2 Å². The van der Waals surface area contributed by atoms with E-state index in [1.807, 2.05) is 24.3 Å². The van der Waals surface area contributed by atoms with E-state index in [4.69, 9.17) is 0 Å². The van der Waals surface area contributed by atoms with E-state index in [0.717, 1.165) is 21.7 Å². The third-order valence-corrected chi connectivity index (χ3v) is 5.58. The summed E-state index contributed by atoms with van der Waals surface area (Å²) in [7, 11) is -1.88. The highest BCUT2D eigenvalue weighted by atomic mass is 32.2. The predicted molar refractivity (Wildman–Crippen MR) is 108 cm³/mol. The summed E-state index contributed by atoms with van der Waals surface area (Å²) in [6.45, 7) is 4.44. The average molecular weight is 390 g/mol. The normalized spacial score (nSPS) is 11.4. The summed E-state index contributed by atoms with van der Waals surface area (Å²) in [5, 5.41) is 0. The Morgan fingerprint density at radius 3 is 2.19 bits per heavy atom. The average Bonchev–Trinajstić information content (AvgIpc) is 2.64. The lowest BCUT2D eigenvalue weighted by atomic mass is 10.0. The van der Waals surface area contributed by atoms with E-state index < -0.39 is 10.0 Å². The Balaban J connectivity index is 2.07. The van der Waals surface area contributed by atoms with Crippen LogP contribution >= 0.6 is 0 Å². The second-order valence-corrected chi connectivity index (χ2v) is 8.84. The first-order chi connectivity index (χ1) is 12.7. The zero-order chi connectivity index (χ0) is 20.0. The maximum absolute atomic E-state index is 12.6. The van der Waals surface area contributed by atoms with Crippen LogP contribution in [0.1, 0.15) is 30.9 Å². The molecular weight excluding hydrogens is 362 g/mol. The van der Waals surface area contributed by atoms with Crippen molar-refractivity contribution in [1.82, 2.24) is 9.88 Å². The fourth-order valence-corrected chi connectivity index (χ4v) is 3.49. The van der Waals surface area contributed by atoms with Crippen LogP contribution in [0, 0.1) is 0 Å². The summed E-state index contributed by atoms with van der Waals surface area (Å²) in [5.74, 6) is 0.106. The van der Waals surface area contributed by atoms with Crippen molar-refractivity contribution >= 4 is 21.6 Å². The number of anilines is 1. The highest BCUT2D eigenvalue weighted by molar-refractivity contribution is 7.92. The molecule has 1 aromatic carbocycles. The van der Waals surface area contributed by atoms with E-state index in [-0.39, 0.29) is 12.5 Å². The minimum Gasteiger partial charge on any atom is -0.344 e. The summed E-state index contributed by atoms with van der Waals surface area (Å²) >= 11 is 0. The second kappa shape index (κ2) is 8.99. The molecule has 0 fully saturated rings. The molecule has 0 N–H and O–H groups in total. The zero-order valence-corrected chi connectivity index (χ0v) is 17.1. The zero-order valence-electron chi connectivity index (χ0n) is 16.3. The van der Waals surface area contributed by atoms with Gasteiger partial charge in [0.25, 0.3) is 0 Å². The van der Waals surface area contributed by atoms with Crippen LogP contribution < -0.4 is 4.31 Å². The predicted octanol–water partition coefficient (Wildman–Crippen LogP) is 2.67. The van der Waals surface area contributed by atoms with Crippen LogP contribution in [0.3, 0.4) is 0 Å². The quantitative estimate of drug-likeness (QED) is 0.696. The third-order valence-electron chi connectivity index (χ3n) is 4.44. The van der Waals surface area contributed by atoms with Crippen LogP contribution in [0.15, 0.2) is 48.8 Å². The molecule has 0 saturated heterocycles. The Labute approximate surface area is 161 Å². The molecule has 146 valence electrons. The van der Waals surface area contributed by atoms with Gasteiger partial charge in [0.2, 0.25) is 15.9 Å². The van der Waals surface area contributed by atoms with Crippen molar-refractivity contribution in [3.05, 3.63) is 59.9 Å². The highest BCUT2D eigenvalue weighted by Gasteiger charge is 2.22. The fraction of sp³-hybridized carbons (Fsp3) is 0.400. The number of likely N-dealkylation sites (N-methyl/N-ethyl adjacent to an activating group) is 1. The molecule has 2 rings (SSSR count). The molecule has 6 nitrogen and oxygen atoms in total. The van der Waals surface area contributed by atoms with Crippen LogP contribution in [0.2, 0.25) is 0 Å². The van der Waals surface area contributed by atoms with E-state index in [1.54, 1.807) is 36.5 Å². The van der Waals surface area contributed by atoms with E-state index >= 15 is 0 Å². The lowest BCUT2D eigenvalue weighted by molar-refractivity contribution is -0.128. The molecular formula is C20H27N3O3S. The van der Waals surface area contributed by atoms with Crippen LogP contribution in [0.25, 0.3) is 0 Å². The molecule has 0 radical (unpaired) electrons. The van der Waals surface area contributed by atoms with Crippen LogP contribution in [-0.4, -0.2) is 50.6 Å². The Morgan fingerprint density at radius 2 is 1.67 bits per heavy atom. The van der Waals surface area contributed by atoms with E-state index in [1.165, 1.54) is 0 Å². The molecule has 0 aliphatic heterocycles. The maximum atomic E-state index is 12.6. The Bertz CT molecular complexity index is 850. The van der Waals surface area contributed by atoms with Crippen molar-refractivity contribution < 1.29 is 13.2 Å². The molecule has 1 heterocycles. The SMILES string of the molecule is CC(C)c1ccc(N(CC(=O)N(C)CCc2ccncc2)S(C)(=O)=O)cc1. The van der Waals surface area contributed by atoms with Gasteiger partial charge in [0.05, 0.1) is 11.9 Å². The Morgan fingerprint density at radius 1 is 1.07 bits per heavy atom. The van der Waals surface area contributed by atoms with Crippen molar-refractivity contribution in [3.63, 3.8) is 0 Å². The van der Waals surface area contributed by atoms with Crippen molar-refractivity contribution in [3.8, 4) is 0 Å². The van der Waals surface area contributed by atoms with Gasteiger partial charge in [-0.05, 0) is 47.7 Å². The fourth-order valence-electron chi connectivity index (χ4n) is 2.64. The molecule has 0 atom stereocenters. The lowest BCUT2D eigenvalue weighted by Gasteiger charge is -2.25. The molecule has 1 amide bonds. The summed E-state index contributed by atoms with van der Waals surface area (Å²) in [5.41, 5.74) is 2.69. The number of amides is 1. The minimum absolute atomic E-state index is 0.216. The van der Waals surface area contributed by atoms with Crippen LogP contribution in [0.5, 0.6) is 0 Å². The number of aromatic nitrogens is 1. The first-order valence-electron chi connectivity index (χ1n) is 8.89. The molecule has 27 heavy (non-hydrogen) atoms. The van der Waals surface area contributed by atoms with Gasteiger partial charge in [0.15, 0.2) is 0 Å². The molecule has 0 bridgehead atoms. The second-order valence-electron chi connectivity index (χ2n) is 6.94. The molecule has 0 aliphatic carbocycles. The molecule has 2 aromatic rings. The minimum atomic E-state index is -3.57. The number of carbonyl (C=O) groups is 1. The Kier molecular flexibility index (Phi) is 6.96. The van der Waals surface area contributed by atoms with Gasteiger partial charge in [-0.1, -0.05) is 26.0 Å². The number of sulfonamides is 1. The van der Waals surface area contributed by atoms with Gasteiger partial charge in [0, 0.05) is 26.0 Å². The number of carbonyl (C=O) groups excluding carboxylic acids is 1. The van der Waals surface area contributed by atoms with E-state index in [0.29, 0.717) is 24.6 Å². The molecule has 1 aromatic heterocycles. The number of hydrogen-bond donors (Lipinski definition) is 0. The van der Waals surface area contributed by atoms with Gasteiger partial charge < -0.3 is 4.90 Å². The van der Waals surface area contributed by atoms with Crippen molar-refractivity contribution in [2.45, 2.75) is 26.2 Å². The highest BCUT2D eigenvalue weighted by Crippen LogP contribution is 2.22. The first-order valence-corrected chi connectivity index (χ1v) is 10.7. The van der Waals surface area contributed by atoms with Gasteiger partial charge in [0.1, 0.15) is 6.54 Å². The van der Waals surface area contributed by atoms with Gasteiger partial charge in [-0.3, -0.25) is 14.1 Å². The molecule has 7 heteroatoms. The van der Waals surface area contributed by atoms with Crippen molar-refractivity contribution in [1.29, 1.82) is 0 Å². The van der Waals surface area contributed by atoms with Gasteiger partial charge in [-0.15, -0.1) is 0 Å². The third kappa shape index (κ3) is 6.06. The number of pyridine rings is 1. The topological polar surface area (TPSA) is 70.6 Å². The Hall–Kier alpha value is -2.41. The van der Waals surface area contributed by atoms with Crippen molar-refractivity contribution in [2.24, 2.45) is 0 Å². The smallest absolute Gasteiger partial charge is 0.243 e. The number of rotatable bonds is 8. The molecule has 0 unspecified atom stereocenters. The number of benzene rings is 1. The summed E-state index contributed by atoms with van der Waals surface area (Å²) < 4.78 is 25.6. The summed E-state index contributed by atoms with van der Waals surface area (Å²) in [4.78, 5) is 18.1. The molecule has 0 aliphatic rings. The molecule has 0 spiro atoms. The largest absolute Gasteiger partial charge is 0.344 e. The number of nitrogens with zero attached hydrogens (tertiary/aromatic N) is 3. The standard InChI is InChI=1S/C20H27N3O3S/c1-16(2)18-5-7-19(8-6-18)23(27(4,25)26)15-20(24)22(3)14-11-17-9-12-21-13-10-17/h5-10,12-13,16H,11,14-15H2,1-4H3. The summed E-state index contributed by atoms with van der Waals surface area (Å²) in [6, 6.07) is 11.1. The van der Waals surface area contributed by atoms with E-state index in [2.05, 4.69) is 18.8 Å². The van der Waals surface area contributed by atoms with Gasteiger partial charge in [-0.25, -0.2) is 8.42 Å². The molecule has 0 saturated carbocycles. The summed E-state index contributed by atoms with van der Waals surface area (Å²) in [6.07, 6.45) is 5.23. The maximum Gasteiger partial charge on any atom is 0.243 e. The van der Waals surface area contributed by atoms with Gasteiger partial charge in [-0.2, -0.15) is 0 Å². The van der Waals surface area contributed by atoms with Gasteiger partial charge >= 0.3 is 0 Å².